The van der Waals surface area contributed by atoms with Crippen molar-refractivity contribution in [1.29, 1.82) is 0 Å². The van der Waals surface area contributed by atoms with Crippen LogP contribution in [-0.4, -0.2) is 87.2 Å². The van der Waals surface area contributed by atoms with Gasteiger partial charge < -0.3 is 14.2 Å². The molecule has 0 aromatic rings. The van der Waals surface area contributed by atoms with Crippen molar-refractivity contribution in [3.63, 3.8) is 0 Å². The van der Waals surface area contributed by atoms with Gasteiger partial charge in [0.1, 0.15) is 0 Å². The molecule has 0 aliphatic rings. The minimum atomic E-state index is 0.123. The fourth-order valence-electron chi connectivity index (χ4n) is 2.88. The van der Waals surface area contributed by atoms with Crippen molar-refractivity contribution in [3.8, 4) is 0 Å². The van der Waals surface area contributed by atoms with Crippen LogP contribution in [0.5, 0.6) is 0 Å². The molecule has 0 heterocycles. The molecule has 0 amide bonds. The van der Waals surface area contributed by atoms with Crippen molar-refractivity contribution in [2.45, 2.75) is 66.7 Å². The third kappa shape index (κ3) is 10.6. The van der Waals surface area contributed by atoms with E-state index in [1.54, 1.807) is 0 Å². The first-order valence-corrected chi connectivity index (χ1v) is 9.75. The van der Waals surface area contributed by atoms with Crippen LogP contribution in [0.25, 0.3) is 0 Å². The lowest BCUT2D eigenvalue weighted by molar-refractivity contribution is -0.0404. The van der Waals surface area contributed by atoms with Gasteiger partial charge in [0, 0.05) is 12.1 Å². The Labute approximate surface area is 150 Å². The fraction of sp³-hybridized carbons (Fsp3) is 1.00. The first kappa shape index (κ1) is 23.8. The summed E-state index contributed by atoms with van der Waals surface area (Å²) in [5.41, 5.74) is 0. The lowest BCUT2D eigenvalue weighted by Crippen LogP contribution is -2.37. The number of hydrogen-bond acceptors (Lipinski definition) is 5. The van der Waals surface area contributed by atoms with E-state index in [9.17, 15) is 0 Å². The summed E-state index contributed by atoms with van der Waals surface area (Å²) >= 11 is 0. The zero-order chi connectivity index (χ0) is 18.4. The van der Waals surface area contributed by atoms with E-state index in [1.807, 2.05) is 0 Å². The molecule has 3 atom stereocenters. The highest BCUT2D eigenvalue weighted by molar-refractivity contribution is 4.64. The van der Waals surface area contributed by atoms with Crippen LogP contribution in [0.3, 0.4) is 0 Å². The Morgan fingerprint density at radius 3 is 1.50 bits per heavy atom. The second-order valence-corrected chi connectivity index (χ2v) is 6.43. The zero-order valence-corrected chi connectivity index (χ0v) is 17.2. The highest BCUT2D eigenvalue weighted by atomic mass is 16.5. The van der Waals surface area contributed by atoms with E-state index >= 15 is 0 Å². The number of ether oxygens (including phenoxy) is 3. The molecule has 0 bridgehead atoms. The van der Waals surface area contributed by atoms with Crippen LogP contribution in [0, 0.1) is 0 Å². The quantitative estimate of drug-likeness (QED) is 0.402. The van der Waals surface area contributed by atoms with E-state index in [-0.39, 0.29) is 6.10 Å². The van der Waals surface area contributed by atoms with E-state index in [0.717, 1.165) is 39.4 Å². The first-order chi connectivity index (χ1) is 11.5. The van der Waals surface area contributed by atoms with Gasteiger partial charge in [-0.1, -0.05) is 27.7 Å². The third-order valence-electron chi connectivity index (χ3n) is 4.58. The van der Waals surface area contributed by atoms with Crippen molar-refractivity contribution in [1.82, 2.24) is 9.80 Å². The van der Waals surface area contributed by atoms with Gasteiger partial charge in [0.25, 0.3) is 0 Å². The summed E-state index contributed by atoms with van der Waals surface area (Å²) in [4.78, 5) is 4.80. The van der Waals surface area contributed by atoms with Gasteiger partial charge in [-0.15, -0.1) is 0 Å². The Morgan fingerprint density at radius 1 is 0.625 bits per heavy atom. The summed E-state index contributed by atoms with van der Waals surface area (Å²) in [6.07, 6.45) is 0.123. The second kappa shape index (κ2) is 15.1. The minimum Gasteiger partial charge on any atom is -0.377 e. The molecule has 0 aliphatic heterocycles. The van der Waals surface area contributed by atoms with Crippen molar-refractivity contribution in [2.75, 3.05) is 59.2 Å². The smallest absolute Gasteiger partial charge is 0.0781 e. The Kier molecular flexibility index (Phi) is 15.0. The molecule has 0 fully saturated rings. The topological polar surface area (TPSA) is 34.2 Å². The molecule has 0 aromatic heterocycles. The van der Waals surface area contributed by atoms with E-state index in [4.69, 9.17) is 14.2 Å². The van der Waals surface area contributed by atoms with Gasteiger partial charge in [-0.2, -0.15) is 0 Å². The van der Waals surface area contributed by atoms with Crippen LogP contribution >= 0.6 is 0 Å². The number of hydrogen-bond donors (Lipinski definition) is 0. The summed E-state index contributed by atoms with van der Waals surface area (Å²) in [7, 11) is 0. The molecule has 3 unspecified atom stereocenters. The van der Waals surface area contributed by atoms with Crippen molar-refractivity contribution < 1.29 is 14.2 Å². The predicted octanol–water partition coefficient (Wildman–Crippen LogP) is 2.89. The minimum absolute atomic E-state index is 0.123. The zero-order valence-electron chi connectivity index (χ0n) is 17.2. The molecule has 0 aliphatic carbocycles. The molecule has 0 aromatic carbocycles. The second-order valence-electron chi connectivity index (χ2n) is 6.43. The Balaban J connectivity index is 3.63. The number of nitrogens with zero attached hydrogens (tertiary/aromatic N) is 2. The predicted molar refractivity (Wildman–Crippen MR) is 102 cm³/mol. The molecule has 146 valence electrons. The average Bonchev–Trinajstić information content (AvgIpc) is 2.58. The molecule has 5 nitrogen and oxygen atoms in total. The third-order valence-corrected chi connectivity index (χ3v) is 4.58. The van der Waals surface area contributed by atoms with Gasteiger partial charge in [-0.05, 0) is 47.0 Å². The van der Waals surface area contributed by atoms with E-state index in [2.05, 4.69) is 58.3 Å². The van der Waals surface area contributed by atoms with Gasteiger partial charge >= 0.3 is 0 Å². The van der Waals surface area contributed by atoms with Crippen molar-refractivity contribution in [3.05, 3.63) is 0 Å². The number of likely N-dealkylation sites (N-methyl/N-ethyl adjacent to an activating group) is 2. The van der Waals surface area contributed by atoms with Gasteiger partial charge in [0.2, 0.25) is 0 Å². The largest absolute Gasteiger partial charge is 0.377 e. The summed E-state index contributed by atoms with van der Waals surface area (Å²) in [6.45, 7) is 22.9. The first-order valence-electron chi connectivity index (χ1n) is 9.75. The summed E-state index contributed by atoms with van der Waals surface area (Å²) in [5, 5.41) is 0. The summed E-state index contributed by atoms with van der Waals surface area (Å²) in [6, 6.07) is 0.913. The molecule has 0 spiro atoms. The fourth-order valence-corrected chi connectivity index (χ4v) is 2.88. The molecule has 0 rings (SSSR count). The van der Waals surface area contributed by atoms with Gasteiger partial charge in [0.15, 0.2) is 0 Å². The SMILES string of the molecule is CCN(CC)C(C)COCCOCC(C)OCC(C)N(CC)CC. The number of rotatable bonds is 16. The Hall–Kier alpha value is -0.200. The average molecular weight is 347 g/mol. The molecule has 0 N–H and O–H groups in total. The summed E-state index contributed by atoms with van der Waals surface area (Å²) in [5.74, 6) is 0. The monoisotopic (exact) mass is 346 g/mol. The van der Waals surface area contributed by atoms with Gasteiger partial charge in [0.05, 0.1) is 39.1 Å². The Morgan fingerprint density at radius 2 is 1.04 bits per heavy atom. The van der Waals surface area contributed by atoms with Crippen LogP contribution in [0.1, 0.15) is 48.5 Å². The van der Waals surface area contributed by atoms with Crippen LogP contribution in [0.4, 0.5) is 0 Å². The lowest BCUT2D eigenvalue weighted by atomic mass is 10.3. The molecule has 0 saturated heterocycles. The maximum Gasteiger partial charge on any atom is 0.0781 e. The molecule has 0 radical (unpaired) electrons. The standard InChI is InChI=1S/C19H42N2O3/c1-8-20(9-2)17(5)14-22-12-13-23-16-19(7)24-15-18(6)21(10-3)11-4/h17-19H,8-16H2,1-7H3. The van der Waals surface area contributed by atoms with Crippen molar-refractivity contribution in [2.24, 2.45) is 0 Å². The van der Waals surface area contributed by atoms with E-state index in [1.165, 1.54) is 0 Å². The van der Waals surface area contributed by atoms with E-state index in [0.29, 0.717) is 31.9 Å². The highest BCUT2D eigenvalue weighted by Crippen LogP contribution is 2.02. The molecular formula is C19H42N2O3. The normalized spacial score (nSPS) is 15.9. The van der Waals surface area contributed by atoms with Gasteiger partial charge in [-0.3, -0.25) is 9.80 Å². The molecule has 24 heavy (non-hydrogen) atoms. The van der Waals surface area contributed by atoms with Crippen molar-refractivity contribution >= 4 is 0 Å². The summed E-state index contributed by atoms with van der Waals surface area (Å²) < 4.78 is 17.2. The molecule has 0 saturated carbocycles. The van der Waals surface area contributed by atoms with Gasteiger partial charge in [-0.25, -0.2) is 0 Å². The van der Waals surface area contributed by atoms with E-state index < -0.39 is 0 Å². The lowest BCUT2D eigenvalue weighted by Gasteiger charge is -2.27. The van der Waals surface area contributed by atoms with Crippen LogP contribution in [0.2, 0.25) is 0 Å². The van der Waals surface area contributed by atoms with Crippen LogP contribution < -0.4 is 0 Å². The molecular weight excluding hydrogens is 304 g/mol. The molecule has 5 heteroatoms. The van der Waals surface area contributed by atoms with Crippen LogP contribution in [0.15, 0.2) is 0 Å². The van der Waals surface area contributed by atoms with Crippen LogP contribution in [-0.2, 0) is 14.2 Å². The highest BCUT2D eigenvalue weighted by Gasteiger charge is 2.12. The maximum absolute atomic E-state index is 5.88. The maximum atomic E-state index is 5.88. The Bertz CT molecular complexity index is 271.